The van der Waals surface area contributed by atoms with Crippen LogP contribution >= 0.6 is 0 Å². The van der Waals surface area contributed by atoms with Gasteiger partial charge in [-0.15, -0.1) is 0 Å². The summed E-state index contributed by atoms with van der Waals surface area (Å²) in [7, 11) is 2.52. The second-order valence-corrected chi connectivity index (χ2v) is 9.12. The van der Waals surface area contributed by atoms with Crippen LogP contribution in [0.4, 0.5) is 0 Å². The van der Waals surface area contributed by atoms with Crippen LogP contribution in [0.5, 0.6) is 0 Å². The van der Waals surface area contributed by atoms with E-state index in [2.05, 4.69) is 62.2 Å². The van der Waals surface area contributed by atoms with E-state index in [-0.39, 0.29) is 23.1 Å². The van der Waals surface area contributed by atoms with E-state index in [9.17, 15) is 14.4 Å². The molecule has 2 aromatic carbocycles. The molecule has 0 spiro atoms. The van der Waals surface area contributed by atoms with Crippen LogP contribution in [0.25, 0.3) is 0 Å². The highest BCUT2D eigenvalue weighted by molar-refractivity contribution is 5.99. The van der Waals surface area contributed by atoms with Gasteiger partial charge < -0.3 is 15.2 Å². The molecule has 0 aliphatic carbocycles. The number of amides is 1. The first-order chi connectivity index (χ1) is 19.0. The molecule has 40 heavy (non-hydrogen) atoms. The van der Waals surface area contributed by atoms with Crippen LogP contribution in [0, 0.1) is 17.8 Å². The maximum absolute atomic E-state index is 11.3. The Bertz CT molecular complexity index is 1050. The van der Waals surface area contributed by atoms with Crippen molar-refractivity contribution in [1.29, 1.82) is 0 Å². The first-order valence-electron chi connectivity index (χ1n) is 14.1. The van der Waals surface area contributed by atoms with Gasteiger partial charge in [-0.2, -0.15) is 0 Å². The number of aliphatic hydroxyl groups is 1. The van der Waals surface area contributed by atoms with Gasteiger partial charge in [0.2, 0.25) is 5.91 Å². The number of aliphatic hydroxyl groups excluding tert-OH is 1. The van der Waals surface area contributed by atoms with Crippen LogP contribution in [0.3, 0.4) is 0 Å². The molecule has 2 atom stereocenters. The van der Waals surface area contributed by atoms with Gasteiger partial charge in [0, 0.05) is 37.5 Å². The molecule has 222 valence electrons. The van der Waals surface area contributed by atoms with Crippen molar-refractivity contribution < 1.29 is 24.2 Å². The third kappa shape index (κ3) is 16.0. The van der Waals surface area contributed by atoms with Crippen molar-refractivity contribution in [1.82, 2.24) is 5.32 Å². The topological polar surface area (TPSA) is 92.7 Å². The fraction of sp³-hybridized carbons (Fsp3) is 0.500. The molecule has 0 aliphatic heterocycles. The smallest absolute Gasteiger partial charge is 0.230 e. The Morgan fingerprint density at radius 2 is 1.40 bits per heavy atom. The predicted molar refractivity (Wildman–Crippen MR) is 166 cm³/mol. The van der Waals surface area contributed by atoms with E-state index >= 15 is 0 Å². The average Bonchev–Trinajstić information content (AvgIpc) is 2.98. The van der Waals surface area contributed by atoms with Crippen LogP contribution in [0.15, 0.2) is 48.5 Å². The summed E-state index contributed by atoms with van der Waals surface area (Å²) in [6.45, 7) is 15.8. The van der Waals surface area contributed by atoms with Gasteiger partial charge in [-0.05, 0) is 90.1 Å². The van der Waals surface area contributed by atoms with E-state index < -0.39 is 5.92 Å². The molecule has 2 rings (SSSR count). The molecule has 2 N–H and O–H groups in total. The lowest BCUT2D eigenvalue weighted by atomic mass is 9.94. The Labute approximate surface area is 242 Å². The van der Waals surface area contributed by atoms with Crippen molar-refractivity contribution in [2.75, 3.05) is 20.8 Å². The third-order valence-electron chi connectivity index (χ3n) is 6.26. The summed E-state index contributed by atoms with van der Waals surface area (Å²) in [4.78, 5) is 32.4. The Morgan fingerprint density at radius 1 is 0.925 bits per heavy atom. The SMILES string of the molecule is CC.CCOC(C)(CC)CCCc1ccc(C#Cc2ccc(C(C)=O)cc2)cc1.CNC(=O)C(C)C(C)=O.CO. The second-order valence-electron chi connectivity index (χ2n) is 9.12. The monoisotopic (exact) mass is 553 g/mol. The molecule has 0 heterocycles. The number of rotatable bonds is 10. The minimum atomic E-state index is -0.505. The number of benzene rings is 2. The lowest BCUT2D eigenvalue weighted by Gasteiger charge is -2.28. The molecule has 1 amide bonds. The zero-order chi connectivity index (χ0) is 31.1. The van der Waals surface area contributed by atoms with E-state index in [0.717, 1.165) is 50.5 Å². The Kier molecular flexibility index (Phi) is 21.9. The fourth-order valence-corrected chi connectivity index (χ4v) is 3.45. The van der Waals surface area contributed by atoms with Crippen LogP contribution in [0.2, 0.25) is 0 Å². The number of hydrogen-bond acceptors (Lipinski definition) is 5. The molecule has 2 aromatic rings. The van der Waals surface area contributed by atoms with Crippen LogP contribution in [-0.4, -0.2) is 48.9 Å². The van der Waals surface area contributed by atoms with Gasteiger partial charge in [0.1, 0.15) is 5.78 Å². The number of ketones is 2. The first kappa shape index (κ1) is 38.9. The van der Waals surface area contributed by atoms with Crippen molar-refractivity contribution in [3.05, 3.63) is 70.8 Å². The molecule has 0 fully saturated rings. The first-order valence-corrected chi connectivity index (χ1v) is 14.1. The lowest BCUT2D eigenvalue weighted by molar-refractivity contribution is -0.131. The Morgan fingerprint density at radius 3 is 1.75 bits per heavy atom. The minimum Gasteiger partial charge on any atom is -0.400 e. The zero-order valence-electron chi connectivity index (χ0n) is 26.3. The van der Waals surface area contributed by atoms with Crippen molar-refractivity contribution in [2.24, 2.45) is 5.92 Å². The van der Waals surface area contributed by atoms with Crippen molar-refractivity contribution in [2.45, 2.75) is 86.7 Å². The van der Waals surface area contributed by atoms with Gasteiger partial charge in [-0.1, -0.05) is 56.9 Å². The summed E-state index contributed by atoms with van der Waals surface area (Å²) in [6, 6.07) is 15.9. The molecule has 0 saturated carbocycles. The van der Waals surface area contributed by atoms with Gasteiger partial charge in [-0.25, -0.2) is 0 Å². The highest BCUT2D eigenvalue weighted by atomic mass is 16.5. The molecule has 6 nitrogen and oxygen atoms in total. The van der Waals surface area contributed by atoms with Crippen LogP contribution in [-0.2, 0) is 20.7 Å². The Hall–Kier alpha value is -3.27. The van der Waals surface area contributed by atoms with Gasteiger partial charge in [0.15, 0.2) is 5.78 Å². The summed E-state index contributed by atoms with van der Waals surface area (Å²) in [6.07, 6.45) is 4.30. The number of carbonyl (C=O) groups is 3. The zero-order valence-corrected chi connectivity index (χ0v) is 26.3. The van der Waals surface area contributed by atoms with Gasteiger partial charge in [-0.3, -0.25) is 14.4 Å². The molecule has 0 saturated heterocycles. The largest absolute Gasteiger partial charge is 0.400 e. The lowest BCUT2D eigenvalue weighted by Crippen LogP contribution is -2.29. The number of Topliss-reactive ketones (excluding diaryl/α,β-unsaturated/α-hetero) is 2. The summed E-state index contributed by atoms with van der Waals surface area (Å²) in [5.74, 6) is 5.59. The summed E-state index contributed by atoms with van der Waals surface area (Å²) >= 11 is 0. The normalized spacial score (nSPS) is 11.7. The number of hydrogen-bond donors (Lipinski definition) is 2. The fourth-order valence-electron chi connectivity index (χ4n) is 3.45. The molecule has 0 aromatic heterocycles. The maximum atomic E-state index is 11.3. The maximum Gasteiger partial charge on any atom is 0.230 e. The minimum absolute atomic E-state index is 0.00188. The van der Waals surface area contributed by atoms with E-state index in [1.54, 1.807) is 13.8 Å². The molecule has 2 unspecified atom stereocenters. The van der Waals surface area contributed by atoms with Crippen LogP contribution < -0.4 is 5.32 Å². The number of carbonyl (C=O) groups excluding carboxylic acids is 3. The quantitative estimate of drug-likeness (QED) is 0.202. The third-order valence-corrected chi connectivity index (χ3v) is 6.26. The van der Waals surface area contributed by atoms with Gasteiger partial charge in [0.05, 0.1) is 11.5 Å². The van der Waals surface area contributed by atoms with Crippen molar-refractivity contribution in [3.8, 4) is 11.8 Å². The predicted octanol–water partition coefficient (Wildman–Crippen LogP) is 6.41. The van der Waals surface area contributed by atoms with E-state index in [0.29, 0.717) is 5.56 Å². The number of nitrogens with one attached hydrogen (secondary N) is 1. The summed E-state index contributed by atoms with van der Waals surface area (Å²) < 4.78 is 5.89. The highest BCUT2D eigenvalue weighted by Crippen LogP contribution is 2.23. The van der Waals surface area contributed by atoms with E-state index in [1.807, 2.05) is 38.1 Å². The molecule has 6 heteroatoms. The van der Waals surface area contributed by atoms with Gasteiger partial charge in [0.25, 0.3) is 0 Å². The molecular formula is C34H51NO5. The van der Waals surface area contributed by atoms with Crippen molar-refractivity contribution in [3.63, 3.8) is 0 Å². The van der Waals surface area contributed by atoms with Crippen molar-refractivity contribution >= 4 is 17.5 Å². The average molecular weight is 554 g/mol. The summed E-state index contributed by atoms with van der Waals surface area (Å²) in [5, 5.41) is 9.39. The molecule has 0 radical (unpaired) electrons. The molecule has 0 bridgehead atoms. The van der Waals surface area contributed by atoms with E-state index in [4.69, 9.17) is 9.84 Å². The van der Waals surface area contributed by atoms with Crippen LogP contribution in [0.1, 0.15) is 102 Å². The second kappa shape index (κ2) is 22.5. The Balaban J connectivity index is 0. The molecular weight excluding hydrogens is 502 g/mol. The van der Waals surface area contributed by atoms with Gasteiger partial charge >= 0.3 is 0 Å². The number of aryl methyl sites for hydroxylation is 1. The standard InChI is InChI=1S/C25H30O2.C6H11NO2.C2H6.CH4O/c1-5-25(4,27-6-2)19-7-8-21-9-11-22(12-10-21)13-14-23-15-17-24(18-16-23)20(3)26;1-4(5(2)8)6(9)7-3;2*1-2/h9-12,15-18H,5-8,19H2,1-4H3;4H,1-3H3,(H,7,9);1-2H3;2H,1H3. The molecule has 0 aliphatic rings. The summed E-state index contributed by atoms with van der Waals surface area (Å²) in [5.41, 5.74) is 3.97. The van der Waals surface area contributed by atoms with E-state index in [1.165, 1.54) is 19.5 Å². The highest BCUT2D eigenvalue weighted by Gasteiger charge is 2.21. The number of ether oxygens (including phenoxy) is 1.